The van der Waals surface area contributed by atoms with Crippen molar-refractivity contribution in [3.05, 3.63) is 75.7 Å². The van der Waals surface area contributed by atoms with Gasteiger partial charge in [0.05, 0.1) is 4.91 Å². The third-order valence-corrected chi connectivity index (χ3v) is 10.4. The Balaban J connectivity index is 1.03. The molecule has 2 aromatic rings. The van der Waals surface area contributed by atoms with Crippen LogP contribution in [-0.2, 0) is 16.0 Å². The number of benzene rings is 2. The Kier molecular flexibility index (Phi) is 9.70. The van der Waals surface area contributed by atoms with Crippen molar-refractivity contribution >= 4 is 41.3 Å². The number of halogens is 1. The van der Waals surface area contributed by atoms with Crippen molar-refractivity contribution in [1.82, 2.24) is 15.1 Å². The van der Waals surface area contributed by atoms with Crippen molar-refractivity contribution in [2.24, 2.45) is 11.8 Å². The lowest BCUT2D eigenvalue weighted by atomic mass is 9.83. The zero-order valence-electron chi connectivity index (χ0n) is 22.9. The summed E-state index contributed by atoms with van der Waals surface area (Å²) in [6.07, 6.45) is 9.13. The van der Waals surface area contributed by atoms with Gasteiger partial charge >= 0.3 is 0 Å². The van der Waals surface area contributed by atoms with Crippen LogP contribution in [-0.4, -0.2) is 66.1 Å². The molecule has 1 aliphatic carbocycles. The number of piperidine rings is 1. The molecule has 2 heterocycles. The minimum Gasteiger partial charge on any atom is -0.356 e. The molecule has 39 heavy (non-hydrogen) atoms. The number of hydrogen-bond donors (Lipinski definition) is 1. The SMILES string of the molecule is CN1C(=O)/C(=C/c2ccccc2Cl)SC2CCC(C(=O)NCCCN3CCC(Cc4ccccc4)CC3)CC21. The number of likely N-dealkylation sites (N-methyl/N-ethyl adjacent to an activating group) is 1. The summed E-state index contributed by atoms with van der Waals surface area (Å²) in [7, 11) is 1.88. The zero-order chi connectivity index (χ0) is 27.2. The number of amides is 2. The number of thioether (sulfide) groups is 1. The van der Waals surface area contributed by atoms with E-state index in [-0.39, 0.29) is 23.8 Å². The molecule has 208 valence electrons. The molecule has 3 fully saturated rings. The second-order valence-corrected chi connectivity index (χ2v) is 13.0. The molecule has 2 aromatic carbocycles. The first kappa shape index (κ1) is 28.3. The van der Waals surface area contributed by atoms with Gasteiger partial charge in [0.15, 0.2) is 0 Å². The van der Waals surface area contributed by atoms with Crippen LogP contribution in [0.2, 0.25) is 5.02 Å². The lowest BCUT2D eigenvalue weighted by molar-refractivity contribution is -0.131. The molecule has 0 bridgehead atoms. The van der Waals surface area contributed by atoms with E-state index < -0.39 is 0 Å². The smallest absolute Gasteiger partial charge is 0.260 e. The largest absolute Gasteiger partial charge is 0.356 e. The number of likely N-dealkylation sites (tertiary alicyclic amines) is 1. The number of carbonyl (C=O) groups excluding carboxylic acids is 2. The van der Waals surface area contributed by atoms with E-state index in [1.54, 1.807) is 11.8 Å². The molecular formula is C32H40ClN3O2S. The minimum atomic E-state index is -0.0232. The maximum Gasteiger partial charge on any atom is 0.260 e. The summed E-state index contributed by atoms with van der Waals surface area (Å²) in [6.45, 7) is 4.08. The Bertz CT molecular complexity index is 1170. The standard InChI is InChI=1S/C32H40ClN3O2S/c1-35-28-21-26(12-13-29(28)39-30(32(35)38)22-25-10-5-6-11-27(25)33)31(37)34-16-7-17-36-18-14-24(15-19-36)20-23-8-3-2-4-9-23/h2-6,8-11,22,24,26,28-29H,7,12-21H2,1H3,(H,34,37)/b30-22-. The van der Waals surface area contributed by atoms with Crippen molar-refractivity contribution in [3.63, 3.8) is 0 Å². The average molecular weight is 566 g/mol. The molecule has 3 atom stereocenters. The van der Waals surface area contributed by atoms with Crippen LogP contribution in [0.3, 0.4) is 0 Å². The summed E-state index contributed by atoms with van der Waals surface area (Å²) in [5, 5.41) is 4.17. The summed E-state index contributed by atoms with van der Waals surface area (Å²) in [5.41, 5.74) is 2.32. The van der Waals surface area contributed by atoms with Crippen LogP contribution in [0.5, 0.6) is 0 Å². The first-order valence-corrected chi connectivity index (χ1v) is 15.7. The van der Waals surface area contributed by atoms with Gasteiger partial charge in [0.25, 0.3) is 5.91 Å². The molecular weight excluding hydrogens is 526 g/mol. The van der Waals surface area contributed by atoms with E-state index in [1.165, 1.54) is 24.8 Å². The first-order chi connectivity index (χ1) is 19.0. The zero-order valence-corrected chi connectivity index (χ0v) is 24.4. The number of hydrogen-bond acceptors (Lipinski definition) is 4. The van der Waals surface area contributed by atoms with Crippen molar-refractivity contribution in [3.8, 4) is 0 Å². The third kappa shape index (κ3) is 7.27. The van der Waals surface area contributed by atoms with E-state index in [2.05, 4.69) is 40.5 Å². The predicted octanol–water partition coefficient (Wildman–Crippen LogP) is 5.88. The fourth-order valence-electron chi connectivity index (χ4n) is 6.29. The Morgan fingerprint density at radius 3 is 2.56 bits per heavy atom. The molecule has 0 aromatic heterocycles. The highest BCUT2D eigenvalue weighted by molar-refractivity contribution is 8.04. The van der Waals surface area contributed by atoms with Crippen LogP contribution in [0.1, 0.15) is 49.7 Å². The number of nitrogens with one attached hydrogen (secondary N) is 1. The van der Waals surface area contributed by atoms with Gasteiger partial charge in [0.1, 0.15) is 0 Å². The summed E-state index contributed by atoms with van der Waals surface area (Å²) < 4.78 is 0. The van der Waals surface area contributed by atoms with Gasteiger partial charge in [0, 0.05) is 35.8 Å². The molecule has 5 nitrogen and oxygen atoms in total. The van der Waals surface area contributed by atoms with Crippen molar-refractivity contribution in [2.75, 3.05) is 33.2 Å². The highest BCUT2D eigenvalue weighted by Gasteiger charge is 2.42. The maximum absolute atomic E-state index is 13.1. The van der Waals surface area contributed by atoms with Gasteiger partial charge in [-0.1, -0.05) is 60.1 Å². The Hall–Kier alpha value is -2.28. The van der Waals surface area contributed by atoms with Gasteiger partial charge in [-0.15, -0.1) is 11.8 Å². The van der Waals surface area contributed by atoms with Gasteiger partial charge < -0.3 is 15.1 Å². The lowest BCUT2D eigenvalue weighted by Crippen LogP contribution is -2.52. The monoisotopic (exact) mass is 565 g/mol. The quantitative estimate of drug-likeness (QED) is 0.320. The van der Waals surface area contributed by atoms with E-state index in [1.807, 2.05) is 42.3 Å². The molecule has 0 radical (unpaired) electrons. The molecule has 2 amide bonds. The third-order valence-electron chi connectivity index (χ3n) is 8.65. The Morgan fingerprint density at radius 1 is 1.05 bits per heavy atom. The van der Waals surface area contributed by atoms with Crippen LogP contribution in [0, 0.1) is 11.8 Å². The molecule has 2 saturated heterocycles. The number of rotatable bonds is 8. The minimum absolute atomic E-state index is 0.0229. The van der Waals surface area contributed by atoms with Crippen LogP contribution in [0.15, 0.2) is 59.5 Å². The van der Waals surface area contributed by atoms with Crippen molar-refractivity contribution in [1.29, 1.82) is 0 Å². The van der Waals surface area contributed by atoms with Crippen LogP contribution in [0.4, 0.5) is 0 Å². The summed E-state index contributed by atoms with van der Waals surface area (Å²) in [4.78, 5) is 31.3. The maximum atomic E-state index is 13.1. The first-order valence-electron chi connectivity index (χ1n) is 14.4. The number of nitrogens with zero attached hydrogens (tertiary/aromatic N) is 2. The van der Waals surface area contributed by atoms with Crippen molar-refractivity contribution in [2.45, 2.75) is 56.2 Å². The van der Waals surface area contributed by atoms with Crippen LogP contribution < -0.4 is 5.32 Å². The lowest BCUT2D eigenvalue weighted by Gasteiger charge is -2.44. The molecule has 3 unspecified atom stereocenters. The highest BCUT2D eigenvalue weighted by Crippen LogP contribution is 2.43. The fourth-order valence-corrected chi connectivity index (χ4v) is 7.95. The normalized spacial score (nSPS) is 25.5. The molecule has 1 saturated carbocycles. The van der Waals surface area contributed by atoms with Crippen LogP contribution in [0.25, 0.3) is 6.08 Å². The van der Waals surface area contributed by atoms with E-state index in [4.69, 9.17) is 11.6 Å². The Labute approximate surface area is 242 Å². The Morgan fingerprint density at radius 2 is 1.79 bits per heavy atom. The number of fused-ring (bicyclic) bond motifs is 1. The molecule has 7 heteroatoms. The topological polar surface area (TPSA) is 52.7 Å². The molecule has 5 rings (SSSR count). The van der Waals surface area contributed by atoms with Gasteiger partial charge in [-0.25, -0.2) is 0 Å². The molecule has 3 aliphatic rings. The van der Waals surface area contributed by atoms with E-state index >= 15 is 0 Å². The van der Waals surface area contributed by atoms with Gasteiger partial charge in [-0.05, 0) is 93.8 Å². The fraction of sp³-hybridized carbons (Fsp3) is 0.500. The highest BCUT2D eigenvalue weighted by atomic mass is 35.5. The van der Waals surface area contributed by atoms with E-state index in [0.29, 0.717) is 10.3 Å². The molecule has 0 spiro atoms. The summed E-state index contributed by atoms with van der Waals surface area (Å²) >= 11 is 7.98. The van der Waals surface area contributed by atoms with Gasteiger partial charge in [0.2, 0.25) is 5.91 Å². The summed E-state index contributed by atoms with van der Waals surface area (Å²) in [5.74, 6) is 0.933. The van der Waals surface area contributed by atoms with E-state index in [9.17, 15) is 9.59 Å². The van der Waals surface area contributed by atoms with Gasteiger partial charge in [-0.2, -0.15) is 0 Å². The second kappa shape index (κ2) is 13.4. The van der Waals surface area contributed by atoms with E-state index in [0.717, 1.165) is 68.2 Å². The molecule has 1 N–H and O–H groups in total. The second-order valence-electron chi connectivity index (χ2n) is 11.3. The predicted molar refractivity (Wildman–Crippen MR) is 162 cm³/mol. The van der Waals surface area contributed by atoms with Crippen LogP contribution >= 0.6 is 23.4 Å². The number of carbonyl (C=O) groups is 2. The van der Waals surface area contributed by atoms with Gasteiger partial charge in [-0.3, -0.25) is 9.59 Å². The average Bonchev–Trinajstić information content (AvgIpc) is 2.96. The van der Waals surface area contributed by atoms with Crippen molar-refractivity contribution < 1.29 is 9.59 Å². The summed E-state index contributed by atoms with van der Waals surface area (Å²) in [6, 6.07) is 18.5. The molecule has 2 aliphatic heterocycles.